The van der Waals surface area contributed by atoms with Crippen molar-refractivity contribution < 1.29 is 4.79 Å². The lowest BCUT2D eigenvalue weighted by Gasteiger charge is -2.05. The number of carbonyl (C=O) groups is 1. The molecule has 18 heavy (non-hydrogen) atoms. The lowest BCUT2D eigenvalue weighted by atomic mass is 10.1. The van der Waals surface area contributed by atoms with Crippen LogP contribution in [-0.2, 0) is 6.54 Å². The summed E-state index contributed by atoms with van der Waals surface area (Å²) in [6.45, 7) is 0.638. The Bertz CT molecular complexity index is 703. The number of imidazole rings is 1. The molecule has 0 aliphatic rings. The Hall–Kier alpha value is -2.49. The number of nitrogens with zero attached hydrogens (tertiary/aromatic N) is 3. The molecule has 0 saturated carbocycles. The van der Waals surface area contributed by atoms with Crippen molar-refractivity contribution in [1.29, 1.82) is 0 Å². The zero-order chi connectivity index (χ0) is 12.4. The Balaban J connectivity index is 1.97. The summed E-state index contributed by atoms with van der Waals surface area (Å²) in [4.78, 5) is 19.1. The lowest BCUT2D eigenvalue weighted by molar-refractivity contribution is 0.111. The van der Waals surface area contributed by atoms with Crippen molar-refractivity contribution in [2.45, 2.75) is 6.54 Å². The SMILES string of the molecule is O=Cc1nccn1Cc1ccc2ncccc2c1. The fourth-order valence-electron chi connectivity index (χ4n) is 1.99. The summed E-state index contributed by atoms with van der Waals surface area (Å²) in [5.41, 5.74) is 2.10. The topological polar surface area (TPSA) is 47.8 Å². The monoisotopic (exact) mass is 237 g/mol. The average Bonchev–Trinajstić information content (AvgIpc) is 2.86. The molecule has 0 saturated heterocycles. The van der Waals surface area contributed by atoms with Crippen LogP contribution >= 0.6 is 0 Å². The lowest BCUT2D eigenvalue weighted by Crippen LogP contribution is -2.03. The second kappa shape index (κ2) is 4.41. The molecule has 0 fully saturated rings. The quantitative estimate of drug-likeness (QED) is 0.657. The molecule has 3 rings (SSSR count). The van der Waals surface area contributed by atoms with Crippen LogP contribution < -0.4 is 0 Å². The Morgan fingerprint density at radius 2 is 2.11 bits per heavy atom. The van der Waals surface area contributed by atoms with Gasteiger partial charge < -0.3 is 4.57 Å². The highest BCUT2D eigenvalue weighted by molar-refractivity contribution is 5.79. The molecule has 88 valence electrons. The van der Waals surface area contributed by atoms with E-state index in [9.17, 15) is 4.79 Å². The van der Waals surface area contributed by atoms with Crippen LogP contribution in [0.2, 0.25) is 0 Å². The van der Waals surface area contributed by atoms with Gasteiger partial charge in [-0.2, -0.15) is 0 Å². The molecule has 0 N–H and O–H groups in total. The fourth-order valence-corrected chi connectivity index (χ4v) is 1.99. The highest BCUT2D eigenvalue weighted by Crippen LogP contribution is 2.14. The molecule has 2 heterocycles. The van der Waals surface area contributed by atoms with Gasteiger partial charge in [-0.1, -0.05) is 12.1 Å². The molecule has 2 aromatic heterocycles. The molecular formula is C14H11N3O. The molecule has 1 aromatic carbocycles. The van der Waals surface area contributed by atoms with Gasteiger partial charge in [0, 0.05) is 30.5 Å². The molecule has 3 aromatic rings. The van der Waals surface area contributed by atoms with E-state index < -0.39 is 0 Å². The molecule has 4 heteroatoms. The number of hydrogen-bond donors (Lipinski definition) is 0. The normalized spacial score (nSPS) is 10.7. The predicted octanol–water partition coefficient (Wildman–Crippen LogP) is 2.29. The van der Waals surface area contributed by atoms with Gasteiger partial charge in [-0.05, 0) is 23.8 Å². The minimum Gasteiger partial charge on any atom is -0.324 e. The van der Waals surface area contributed by atoms with Gasteiger partial charge in [0.2, 0.25) is 0 Å². The molecule has 0 radical (unpaired) electrons. The summed E-state index contributed by atoms with van der Waals surface area (Å²) in [7, 11) is 0. The molecular weight excluding hydrogens is 226 g/mol. The smallest absolute Gasteiger partial charge is 0.185 e. The maximum absolute atomic E-state index is 10.8. The van der Waals surface area contributed by atoms with E-state index >= 15 is 0 Å². The van der Waals surface area contributed by atoms with E-state index in [1.165, 1.54) is 0 Å². The number of aldehydes is 1. The summed E-state index contributed by atoms with van der Waals surface area (Å²) < 4.78 is 1.82. The molecule has 0 bridgehead atoms. The third-order valence-electron chi connectivity index (χ3n) is 2.87. The molecule has 0 spiro atoms. The predicted molar refractivity (Wildman–Crippen MR) is 68.5 cm³/mol. The van der Waals surface area contributed by atoms with Gasteiger partial charge in [-0.15, -0.1) is 0 Å². The average molecular weight is 237 g/mol. The summed E-state index contributed by atoms with van der Waals surface area (Å²) >= 11 is 0. The standard InChI is InChI=1S/C14H11N3O/c18-10-14-16-6-7-17(14)9-11-3-4-13-12(8-11)2-1-5-15-13/h1-8,10H,9H2. The van der Waals surface area contributed by atoms with Gasteiger partial charge in [0.05, 0.1) is 5.52 Å². The summed E-state index contributed by atoms with van der Waals surface area (Å²) in [6, 6.07) is 10.0. The summed E-state index contributed by atoms with van der Waals surface area (Å²) in [6.07, 6.45) is 5.98. The van der Waals surface area contributed by atoms with Crippen LogP contribution in [0.3, 0.4) is 0 Å². The first kappa shape index (κ1) is 10.7. The Morgan fingerprint density at radius 3 is 3.00 bits per heavy atom. The first-order valence-electron chi connectivity index (χ1n) is 5.67. The van der Waals surface area contributed by atoms with Crippen molar-refractivity contribution in [1.82, 2.24) is 14.5 Å². The van der Waals surface area contributed by atoms with E-state index in [1.807, 2.05) is 28.8 Å². The Kier molecular flexibility index (Phi) is 2.61. The van der Waals surface area contributed by atoms with Crippen LogP contribution in [0.1, 0.15) is 16.2 Å². The second-order valence-corrected chi connectivity index (χ2v) is 4.06. The van der Waals surface area contributed by atoms with E-state index in [0.717, 1.165) is 22.8 Å². The van der Waals surface area contributed by atoms with E-state index in [0.29, 0.717) is 12.4 Å². The first-order valence-corrected chi connectivity index (χ1v) is 5.67. The zero-order valence-corrected chi connectivity index (χ0v) is 9.65. The van der Waals surface area contributed by atoms with E-state index in [4.69, 9.17) is 0 Å². The largest absolute Gasteiger partial charge is 0.324 e. The molecule has 0 unspecified atom stereocenters. The third kappa shape index (κ3) is 1.88. The molecule has 0 amide bonds. The minimum atomic E-state index is 0.446. The highest BCUT2D eigenvalue weighted by Gasteiger charge is 2.02. The molecule has 0 aliphatic carbocycles. The number of carbonyl (C=O) groups excluding carboxylic acids is 1. The van der Waals surface area contributed by atoms with Crippen LogP contribution in [0.15, 0.2) is 48.9 Å². The van der Waals surface area contributed by atoms with Crippen LogP contribution in [0, 0.1) is 0 Å². The Labute approximate surface area is 104 Å². The highest BCUT2D eigenvalue weighted by atomic mass is 16.1. The van der Waals surface area contributed by atoms with Crippen molar-refractivity contribution in [3.63, 3.8) is 0 Å². The van der Waals surface area contributed by atoms with Crippen LogP contribution in [-0.4, -0.2) is 20.8 Å². The van der Waals surface area contributed by atoms with E-state index in [-0.39, 0.29) is 0 Å². The number of fused-ring (bicyclic) bond motifs is 1. The maximum atomic E-state index is 10.8. The summed E-state index contributed by atoms with van der Waals surface area (Å²) in [5.74, 6) is 0.446. The van der Waals surface area contributed by atoms with Gasteiger partial charge in [0.25, 0.3) is 0 Å². The maximum Gasteiger partial charge on any atom is 0.185 e. The van der Waals surface area contributed by atoms with Gasteiger partial charge in [0.1, 0.15) is 0 Å². The van der Waals surface area contributed by atoms with Crippen LogP contribution in [0.4, 0.5) is 0 Å². The number of aromatic nitrogens is 3. The van der Waals surface area contributed by atoms with Crippen molar-refractivity contribution >= 4 is 17.2 Å². The van der Waals surface area contributed by atoms with Gasteiger partial charge in [-0.3, -0.25) is 9.78 Å². The molecule has 0 atom stereocenters. The van der Waals surface area contributed by atoms with Crippen molar-refractivity contribution in [3.8, 4) is 0 Å². The zero-order valence-electron chi connectivity index (χ0n) is 9.65. The number of benzene rings is 1. The number of hydrogen-bond acceptors (Lipinski definition) is 3. The van der Waals surface area contributed by atoms with E-state index in [2.05, 4.69) is 16.0 Å². The number of rotatable bonds is 3. The Morgan fingerprint density at radius 1 is 1.17 bits per heavy atom. The first-order chi connectivity index (χ1) is 8.86. The van der Waals surface area contributed by atoms with Gasteiger partial charge >= 0.3 is 0 Å². The second-order valence-electron chi connectivity index (χ2n) is 4.06. The third-order valence-corrected chi connectivity index (χ3v) is 2.87. The minimum absolute atomic E-state index is 0.446. The van der Waals surface area contributed by atoms with Crippen molar-refractivity contribution in [2.24, 2.45) is 0 Å². The van der Waals surface area contributed by atoms with Gasteiger partial charge in [0.15, 0.2) is 12.1 Å². The van der Waals surface area contributed by atoms with Gasteiger partial charge in [-0.25, -0.2) is 4.98 Å². The molecule has 0 aliphatic heterocycles. The number of pyridine rings is 1. The van der Waals surface area contributed by atoms with Crippen LogP contribution in [0.25, 0.3) is 10.9 Å². The summed E-state index contributed by atoms with van der Waals surface area (Å²) in [5, 5.41) is 1.10. The van der Waals surface area contributed by atoms with E-state index in [1.54, 1.807) is 18.6 Å². The van der Waals surface area contributed by atoms with Crippen LogP contribution in [0.5, 0.6) is 0 Å². The molecule has 4 nitrogen and oxygen atoms in total. The van der Waals surface area contributed by atoms with Crippen molar-refractivity contribution in [3.05, 3.63) is 60.3 Å². The van der Waals surface area contributed by atoms with Crippen molar-refractivity contribution in [2.75, 3.05) is 0 Å². The fraction of sp³-hybridized carbons (Fsp3) is 0.0714.